The zero-order chi connectivity index (χ0) is 21.3. The Labute approximate surface area is 178 Å². The first-order chi connectivity index (χ1) is 14.4. The molecule has 30 heavy (non-hydrogen) atoms. The summed E-state index contributed by atoms with van der Waals surface area (Å²) in [6.07, 6.45) is 4.71. The van der Waals surface area contributed by atoms with E-state index in [4.69, 9.17) is 5.26 Å². The number of benzene rings is 1. The molecule has 8 nitrogen and oxygen atoms in total. The number of aromatic amines is 1. The second-order valence-electron chi connectivity index (χ2n) is 7.33. The van der Waals surface area contributed by atoms with Crippen molar-refractivity contribution in [2.45, 2.75) is 29.9 Å². The SMILES string of the molecule is Cc1ccc(NS(=O)(=O)c2cnc(C3CCN(CC#N)CC3)s2)c2[nH]cc(C#N)c12. The highest BCUT2D eigenvalue weighted by atomic mass is 32.2. The highest BCUT2D eigenvalue weighted by Crippen LogP contribution is 2.34. The van der Waals surface area contributed by atoms with Crippen molar-refractivity contribution >= 4 is 38.0 Å². The Bertz CT molecular complexity index is 1270. The van der Waals surface area contributed by atoms with Gasteiger partial charge in [0.05, 0.1) is 40.6 Å². The zero-order valence-electron chi connectivity index (χ0n) is 16.3. The van der Waals surface area contributed by atoms with Gasteiger partial charge in [-0.05, 0) is 44.5 Å². The lowest BCUT2D eigenvalue weighted by Gasteiger charge is -2.28. The number of rotatable bonds is 5. The van der Waals surface area contributed by atoms with Gasteiger partial charge in [-0.25, -0.2) is 13.4 Å². The number of fused-ring (bicyclic) bond motifs is 1. The van der Waals surface area contributed by atoms with Crippen LogP contribution in [-0.2, 0) is 10.0 Å². The first-order valence-corrected chi connectivity index (χ1v) is 11.8. The van der Waals surface area contributed by atoms with Crippen molar-refractivity contribution in [1.29, 1.82) is 10.5 Å². The van der Waals surface area contributed by atoms with E-state index in [9.17, 15) is 13.7 Å². The van der Waals surface area contributed by atoms with Gasteiger partial charge in [-0.15, -0.1) is 11.3 Å². The van der Waals surface area contributed by atoms with Crippen molar-refractivity contribution in [3.8, 4) is 12.1 Å². The summed E-state index contributed by atoms with van der Waals surface area (Å²) in [6.45, 7) is 3.93. The van der Waals surface area contributed by atoms with Crippen molar-refractivity contribution in [3.63, 3.8) is 0 Å². The van der Waals surface area contributed by atoms with E-state index in [0.29, 0.717) is 28.7 Å². The predicted molar refractivity (Wildman–Crippen MR) is 115 cm³/mol. The lowest BCUT2D eigenvalue weighted by Crippen LogP contribution is -2.33. The average Bonchev–Trinajstić information content (AvgIpc) is 3.39. The lowest BCUT2D eigenvalue weighted by atomic mass is 9.98. The number of aromatic nitrogens is 2. The van der Waals surface area contributed by atoms with Crippen LogP contribution in [0.25, 0.3) is 10.9 Å². The molecule has 0 radical (unpaired) electrons. The van der Waals surface area contributed by atoms with Crippen LogP contribution >= 0.6 is 11.3 Å². The summed E-state index contributed by atoms with van der Waals surface area (Å²) in [5, 5.41) is 19.6. The van der Waals surface area contributed by atoms with Crippen molar-refractivity contribution < 1.29 is 8.42 Å². The maximum absolute atomic E-state index is 13.0. The number of likely N-dealkylation sites (tertiary alicyclic amines) is 1. The molecule has 3 heterocycles. The molecular formula is C20H20N6O2S2. The Morgan fingerprint density at radius 1 is 1.33 bits per heavy atom. The van der Waals surface area contributed by atoms with Crippen LogP contribution in [0.4, 0.5) is 5.69 Å². The highest BCUT2D eigenvalue weighted by molar-refractivity contribution is 7.94. The minimum Gasteiger partial charge on any atom is -0.358 e. The molecule has 0 unspecified atom stereocenters. The average molecular weight is 441 g/mol. The Morgan fingerprint density at radius 2 is 2.10 bits per heavy atom. The van der Waals surface area contributed by atoms with E-state index >= 15 is 0 Å². The molecule has 4 rings (SSSR count). The van der Waals surface area contributed by atoms with Crippen molar-refractivity contribution in [1.82, 2.24) is 14.9 Å². The molecule has 1 aromatic carbocycles. The number of thiazole rings is 1. The van der Waals surface area contributed by atoms with E-state index in [1.54, 1.807) is 18.3 Å². The molecule has 0 bridgehead atoms. The fourth-order valence-electron chi connectivity index (χ4n) is 3.81. The van der Waals surface area contributed by atoms with Crippen molar-refractivity contribution in [3.05, 3.63) is 40.7 Å². The van der Waals surface area contributed by atoms with Gasteiger partial charge in [-0.2, -0.15) is 10.5 Å². The number of sulfonamides is 1. The molecule has 1 aliphatic heterocycles. The smallest absolute Gasteiger partial charge is 0.273 e. The number of H-pyrrole nitrogens is 1. The molecule has 10 heteroatoms. The Kier molecular flexibility index (Phi) is 5.48. The topological polar surface area (TPSA) is 126 Å². The number of nitrogens with one attached hydrogen (secondary N) is 2. The van der Waals surface area contributed by atoms with E-state index in [0.717, 1.165) is 36.5 Å². The summed E-state index contributed by atoms with van der Waals surface area (Å²) in [4.78, 5) is 9.48. The predicted octanol–water partition coefficient (Wildman–Crippen LogP) is 3.31. The van der Waals surface area contributed by atoms with Gasteiger partial charge >= 0.3 is 0 Å². The van der Waals surface area contributed by atoms with Crippen LogP contribution in [0.3, 0.4) is 0 Å². The van der Waals surface area contributed by atoms with Crippen LogP contribution in [0.5, 0.6) is 0 Å². The molecule has 0 atom stereocenters. The third-order valence-corrected chi connectivity index (χ3v) is 8.39. The summed E-state index contributed by atoms with van der Waals surface area (Å²) in [5.41, 5.74) is 2.36. The van der Waals surface area contributed by atoms with Gasteiger partial charge < -0.3 is 4.98 Å². The van der Waals surface area contributed by atoms with Crippen LogP contribution in [0.1, 0.15) is 34.9 Å². The minimum absolute atomic E-state index is 0.165. The van der Waals surface area contributed by atoms with Gasteiger partial charge in [0, 0.05) is 17.5 Å². The molecule has 1 aliphatic rings. The lowest BCUT2D eigenvalue weighted by molar-refractivity contribution is 0.235. The molecule has 2 N–H and O–H groups in total. The number of hydrogen-bond acceptors (Lipinski definition) is 7. The number of aryl methyl sites for hydroxylation is 1. The third-order valence-electron chi connectivity index (χ3n) is 5.41. The highest BCUT2D eigenvalue weighted by Gasteiger charge is 2.26. The summed E-state index contributed by atoms with van der Waals surface area (Å²) >= 11 is 1.19. The normalized spacial score (nSPS) is 15.7. The number of piperidine rings is 1. The number of anilines is 1. The van der Waals surface area contributed by atoms with E-state index in [1.165, 1.54) is 17.5 Å². The monoisotopic (exact) mass is 440 g/mol. The molecule has 0 aliphatic carbocycles. The van der Waals surface area contributed by atoms with Gasteiger partial charge in [-0.1, -0.05) is 6.07 Å². The summed E-state index contributed by atoms with van der Waals surface area (Å²) in [5.74, 6) is 0.210. The van der Waals surface area contributed by atoms with E-state index in [1.807, 2.05) is 6.92 Å². The Balaban J connectivity index is 1.56. The summed E-state index contributed by atoms with van der Waals surface area (Å²) < 4.78 is 28.8. The second-order valence-corrected chi connectivity index (χ2v) is 10.3. The molecule has 2 aromatic heterocycles. The largest absolute Gasteiger partial charge is 0.358 e. The fraction of sp³-hybridized carbons (Fsp3) is 0.350. The summed E-state index contributed by atoms with van der Waals surface area (Å²) in [7, 11) is -3.80. The molecule has 1 fully saturated rings. The quantitative estimate of drug-likeness (QED) is 0.586. The number of hydrogen-bond donors (Lipinski definition) is 2. The Morgan fingerprint density at radius 3 is 2.80 bits per heavy atom. The molecule has 3 aromatic rings. The molecule has 0 saturated carbocycles. The number of nitriles is 2. The van der Waals surface area contributed by atoms with E-state index in [2.05, 4.69) is 31.7 Å². The van der Waals surface area contributed by atoms with Gasteiger partial charge in [0.2, 0.25) is 0 Å². The number of nitrogens with zero attached hydrogens (tertiary/aromatic N) is 4. The Hall–Kier alpha value is -2.92. The van der Waals surface area contributed by atoms with Gasteiger partial charge in [0.15, 0.2) is 4.21 Å². The van der Waals surface area contributed by atoms with Crippen LogP contribution < -0.4 is 4.72 Å². The molecular weight excluding hydrogens is 420 g/mol. The van der Waals surface area contributed by atoms with Crippen molar-refractivity contribution in [2.24, 2.45) is 0 Å². The molecule has 1 saturated heterocycles. The van der Waals surface area contributed by atoms with Crippen LogP contribution in [0.15, 0.2) is 28.7 Å². The van der Waals surface area contributed by atoms with Gasteiger partial charge in [0.25, 0.3) is 10.0 Å². The van der Waals surface area contributed by atoms with Crippen LogP contribution in [0.2, 0.25) is 0 Å². The third kappa shape index (κ3) is 3.77. The standard InChI is InChI=1S/C20H20N6O2S2/c1-13-2-3-16(19-18(13)15(10-22)11-23-19)25-30(27,28)17-12-24-20(29-17)14-4-7-26(8-5-14)9-6-21/h2-3,11-12,14,23,25H,4-5,7-9H2,1H3. The fourth-order valence-corrected chi connectivity index (χ4v) is 6.20. The van der Waals surface area contributed by atoms with Crippen LogP contribution in [-0.4, -0.2) is 42.9 Å². The second kappa shape index (κ2) is 8.07. The molecule has 154 valence electrons. The maximum atomic E-state index is 13.0. The van der Waals surface area contributed by atoms with Crippen molar-refractivity contribution in [2.75, 3.05) is 24.4 Å². The van der Waals surface area contributed by atoms with E-state index in [-0.39, 0.29) is 10.1 Å². The van der Waals surface area contributed by atoms with Crippen LogP contribution in [0, 0.1) is 29.6 Å². The molecule has 0 amide bonds. The first kappa shape index (κ1) is 20.4. The zero-order valence-corrected chi connectivity index (χ0v) is 18.0. The van der Waals surface area contributed by atoms with Gasteiger partial charge in [-0.3, -0.25) is 9.62 Å². The van der Waals surface area contributed by atoms with Gasteiger partial charge in [0.1, 0.15) is 6.07 Å². The van der Waals surface area contributed by atoms with E-state index < -0.39 is 10.0 Å². The summed E-state index contributed by atoms with van der Waals surface area (Å²) in [6, 6.07) is 7.78. The molecule has 0 spiro atoms. The first-order valence-electron chi connectivity index (χ1n) is 9.51. The minimum atomic E-state index is -3.80. The maximum Gasteiger partial charge on any atom is 0.273 e.